The molecule has 0 radical (unpaired) electrons. The smallest absolute Gasteiger partial charge is 0.263 e. The van der Waals surface area contributed by atoms with Gasteiger partial charge in [-0.3, -0.25) is 14.8 Å². The number of hydrogen-bond donors (Lipinski definition) is 4. The van der Waals surface area contributed by atoms with Gasteiger partial charge < -0.3 is 16.2 Å². The molecule has 38 heavy (non-hydrogen) atoms. The highest BCUT2D eigenvalue weighted by Crippen LogP contribution is 2.26. The molecule has 2 heterocycles. The Bertz CT molecular complexity index is 1760. The van der Waals surface area contributed by atoms with Crippen molar-refractivity contribution in [3.8, 4) is 11.4 Å². The van der Waals surface area contributed by atoms with Crippen molar-refractivity contribution in [2.45, 2.75) is 20.4 Å². The lowest BCUT2D eigenvalue weighted by molar-refractivity contribution is 0.469. The zero-order valence-electron chi connectivity index (χ0n) is 20.8. The summed E-state index contributed by atoms with van der Waals surface area (Å²) >= 11 is 0. The van der Waals surface area contributed by atoms with Gasteiger partial charge in [0, 0.05) is 17.3 Å². The largest absolute Gasteiger partial charge is 0.508 e. The Morgan fingerprint density at radius 1 is 1.05 bits per heavy atom. The van der Waals surface area contributed by atoms with Crippen LogP contribution in [0.15, 0.2) is 77.9 Å². The van der Waals surface area contributed by atoms with Crippen molar-refractivity contribution in [3.63, 3.8) is 0 Å². The molecule has 2 aromatic heterocycles. The molecule has 0 fully saturated rings. The molecule has 8 nitrogen and oxygen atoms in total. The van der Waals surface area contributed by atoms with E-state index in [9.17, 15) is 14.3 Å². The van der Waals surface area contributed by atoms with Crippen LogP contribution in [0.1, 0.15) is 27.9 Å². The van der Waals surface area contributed by atoms with Gasteiger partial charge in [-0.05, 0) is 54.6 Å². The quantitative estimate of drug-likeness (QED) is 0.243. The molecule has 5 N–H and O–H groups in total. The molecule has 5 rings (SSSR count). The molecule has 0 aliphatic rings. The number of phenolic OH excluding ortho intramolecular Hbond substituents is 1. The molecule has 5 aromatic rings. The summed E-state index contributed by atoms with van der Waals surface area (Å²) < 4.78 is 15.6. The Labute approximate surface area is 217 Å². The predicted molar refractivity (Wildman–Crippen MR) is 147 cm³/mol. The molecule has 0 aliphatic heterocycles. The Kier molecular flexibility index (Phi) is 6.34. The zero-order valence-corrected chi connectivity index (χ0v) is 20.8. The van der Waals surface area contributed by atoms with Gasteiger partial charge in [0.1, 0.15) is 29.5 Å². The molecule has 0 amide bonds. The SMILES string of the molecule is Cc1ccccc1-n1c(CNc2ncnc(N)c2C(=N)c2cc(O)cc(F)c2)cc2cccc(C)c2c1=O. The number of aryl methyl sites for hydroxylation is 2. The highest BCUT2D eigenvalue weighted by atomic mass is 19.1. The van der Waals surface area contributed by atoms with Gasteiger partial charge >= 0.3 is 0 Å². The third-order valence-corrected chi connectivity index (χ3v) is 6.42. The number of phenols is 1. The van der Waals surface area contributed by atoms with Crippen LogP contribution in [-0.2, 0) is 6.54 Å². The van der Waals surface area contributed by atoms with E-state index in [1.807, 2.05) is 62.4 Å². The molecule has 9 heteroatoms. The van der Waals surface area contributed by atoms with Crippen LogP contribution in [0.3, 0.4) is 0 Å². The van der Waals surface area contributed by atoms with E-state index in [0.717, 1.165) is 34.3 Å². The van der Waals surface area contributed by atoms with Crippen molar-refractivity contribution >= 4 is 28.1 Å². The number of anilines is 2. The van der Waals surface area contributed by atoms with Gasteiger partial charge in [-0.1, -0.05) is 36.4 Å². The first-order valence-corrected chi connectivity index (χ1v) is 11.9. The third kappa shape index (κ3) is 4.45. The topological polar surface area (TPSA) is 130 Å². The fourth-order valence-corrected chi connectivity index (χ4v) is 4.61. The number of benzene rings is 3. The number of rotatable bonds is 6. The maximum Gasteiger partial charge on any atom is 0.263 e. The average molecular weight is 509 g/mol. The number of nitrogen functional groups attached to an aromatic ring is 1. The minimum absolute atomic E-state index is 0.0154. The van der Waals surface area contributed by atoms with E-state index < -0.39 is 5.82 Å². The second kappa shape index (κ2) is 9.78. The second-order valence-corrected chi connectivity index (χ2v) is 9.01. The highest BCUT2D eigenvalue weighted by molar-refractivity contribution is 6.16. The number of pyridine rings is 1. The number of nitrogens with two attached hydrogens (primary N) is 1. The van der Waals surface area contributed by atoms with Crippen molar-refractivity contribution in [2.75, 3.05) is 11.1 Å². The van der Waals surface area contributed by atoms with E-state index in [1.54, 1.807) is 4.57 Å². The molecule has 190 valence electrons. The minimum atomic E-state index is -0.691. The van der Waals surface area contributed by atoms with E-state index in [1.165, 1.54) is 12.4 Å². The minimum Gasteiger partial charge on any atom is -0.508 e. The number of hydrogen-bond acceptors (Lipinski definition) is 7. The zero-order chi connectivity index (χ0) is 27.0. The van der Waals surface area contributed by atoms with Crippen LogP contribution in [0.2, 0.25) is 0 Å². The molecular weight excluding hydrogens is 483 g/mol. The van der Waals surface area contributed by atoms with Crippen LogP contribution in [-0.4, -0.2) is 25.4 Å². The summed E-state index contributed by atoms with van der Waals surface area (Å²) in [4.78, 5) is 22.1. The van der Waals surface area contributed by atoms with Crippen LogP contribution >= 0.6 is 0 Å². The van der Waals surface area contributed by atoms with Crippen LogP contribution in [0.5, 0.6) is 5.75 Å². The first kappa shape index (κ1) is 24.6. The van der Waals surface area contributed by atoms with Gasteiger partial charge in [0.2, 0.25) is 0 Å². The standard InChI is InChI=1S/C29H25FN6O2/c1-16-6-3-4-9-23(16)36-21(11-18-8-5-7-17(2)24(18)29(36)38)14-33-28-25(27(32)34-15-35-28)26(31)19-10-20(30)13-22(37)12-19/h3-13,15,31,37H,14H2,1-2H3,(H3,32,33,34,35). The summed E-state index contributed by atoms with van der Waals surface area (Å²) in [5.74, 6) is -0.757. The molecule has 0 bridgehead atoms. The third-order valence-electron chi connectivity index (χ3n) is 6.42. The monoisotopic (exact) mass is 508 g/mol. The van der Waals surface area contributed by atoms with Crippen LogP contribution < -0.4 is 16.6 Å². The first-order chi connectivity index (χ1) is 18.2. The highest BCUT2D eigenvalue weighted by Gasteiger charge is 2.19. The summed E-state index contributed by atoms with van der Waals surface area (Å²) in [6.07, 6.45) is 1.26. The number of nitrogens with zero attached hydrogens (tertiary/aromatic N) is 3. The Hall–Kier alpha value is -5.05. The van der Waals surface area contributed by atoms with Crippen molar-refractivity contribution in [3.05, 3.63) is 117 Å². The molecule has 0 spiro atoms. The van der Waals surface area contributed by atoms with Gasteiger partial charge in [-0.2, -0.15) is 0 Å². The average Bonchev–Trinajstić information content (AvgIpc) is 2.87. The van der Waals surface area contributed by atoms with E-state index in [2.05, 4.69) is 15.3 Å². The van der Waals surface area contributed by atoms with Crippen molar-refractivity contribution in [1.82, 2.24) is 14.5 Å². The number of para-hydroxylation sites is 1. The second-order valence-electron chi connectivity index (χ2n) is 9.01. The maximum atomic E-state index is 13.9. The lowest BCUT2D eigenvalue weighted by Gasteiger charge is -2.19. The Balaban J connectivity index is 1.61. The summed E-state index contributed by atoms with van der Waals surface area (Å²) in [6.45, 7) is 4.02. The number of fused-ring (bicyclic) bond motifs is 1. The van der Waals surface area contributed by atoms with Crippen LogP contribution in [0.25, 0.3) is 16.5 Å². The van der Waals surface area contributed by atoms with E-state index >= 15 is 0 Å². The van der Waals surface area contributed by atoms with Gasteiger partial charge in [-0.15, -0.1) is 0 Å². The van der Waals surface area contributed by atoms with Gasteiger partial charge in [0.05, 0.1) is 28.9 Å². The van der Waals surface area contributed by atoms with Gasteiger partial charge in [0.15, 0.2) is 0 Å². The number of nitrogens with one attached hydrogen (secondary N) is 2. The summed E-state index contributed by atoms with van der Waals surface area (Å²) in [5, 5.41) is 23.1. The molecule has 0 saturated heterocycles. The maximum absolute atomic E-state index is 13.9. The molecule has 0 aliphatic carbocycles. The first-order valence-electron chi connectivity index (χ1n) is 11.9. The van der Waals surface area contributed by atoms with E-state index in [4.69, 9.17) is 11.1 Å². The number of halogens is 1. The van der Waals surface area contributed by atoms with Gasteiger partial charge in [0.25, 0.3) is 5.56 Å². The summed E-state index contributed by atoms with van der Waals surface area (Å²) in [5.41, 5.74) is 9.32. The molecule has 3 aromatic carbocycles. The van der Waals surface area contributed by atoms with Crippen molar-refractivity contribution < 1.29 is 9.50 Å². The lowest BCUT2D eigenvalue weighted by Crippen LogP contribution is -2.25. The normalized spacial score (nSPS) is 11.0. The predicted octanol–water partition coefficient (Wildman–Crippen LogP) is 4.85. The number of aromatic hydroxyl groups is 1. The summed E-state index contributed by atoms with van der Waals surface area (Å²) in [7, 11) is 0. The van der Waals surface area contributed by atoms with Gasteiger partial charge in [-0.25, -0.2) is 14.4 Å². The molecular formula is C29H25FN6O2. The van der Waals surface area contributed by atoms with Crippen LogP contribution in [0.4, 0.5) is 16.0 Å². The molecule has 0 atom stereocenters. The number of aromatic nitrogens is 3. The summed E-state index contributed by atoms with van der Waals surface area (Å²) in [6, 6.07) is 18.6. The fraction of sp³-hybridized carbons (Fsp3) is 0.103. The Morgan fingerprint density at radius 2 is 1.82 bits per heavy atom. The van der Waals surface area contributed by atoms with E-state index in [0.29, 0.717) is 11.1 Å². The van der Waals surface area contributed by atoms with E-state index in [-0.39, 0.29) is 46.3 Å². The fourth-order valence-electron chi connectivity index (χ4n) is 4.61. The molecule has 0 unspecified atom stereocenters. The van der Waals surface area contributed by atoms with Crippen molar-refractivity contribution in [2.24, 2.45) is 0 Å². The van der Waals surface area contributed by atoms with Crippen LogP contribution in [0, 0.1) is 25.1 Å². The molecule has 0 saturated carbocycles. The lowest BCUT2D eigenvalue weighted by atomic mass is 10.0. The Morgan fingerprint density at radius 3 is 2.58 bits per heavy atom. The van der Waals surface area contributed by atoms with Crippen molar-refractivity contribution in [1.29, 1.82) is 5.41 Å².